The first kappa shape index (κ1) is 12.5. The van der Waals surface area contributed by atoms with Crippen molar-refractivity contribution in [1.82, 2.24) is 9.55 Å². The lowest BCUT2D eigenvalue weighted by Crippen LogP contribution is -2.10. The summed E-state index contributed by atoms with van der Waals surface area (Å²) in [6.45, 7) is 1.85. The van der Waals surface area contributed by atoms with E-state index in [0.29, 0.717) is 17.8 Å². The maximum absolute atomic E-state index is 13.6. The van der Waals surface area contributed by atoms with Crippen LogP contribution in [0.4, 0.5) is 4.39 Å². The highest BCUT2D eigenvalue weighted by Gasteiger charge is 2.15. The molecule has 0 fully saturated rings. The smallest absolute Gasteiger partial charge is 0.303 e. The number of para-hydroxylation sites is 1. The monoisotopic (exact) mass is 250 g/mol. The summed E-state index contributed by atoms with van der Waals surface area (Å²) in [6, 6.07) is 4.82. The van der Waals surface area contributed by atoms with Crippen molar-refractivity contribution in [1.29, 1.82) is 0 Å². The number of carboxylic acids is 1. The van der Waals surface area contributed by atoms with Gasteiger partial charge in [-0.2, -0.15) is 0 Å². The number of carbonyl (C=O) groups is 1. The van der Waals surface area contributed by atoms with Gasteiger partial charge in [0.05, 0.1) is 5.52 Å². The second kappa shape index (κ2) is 4.76. The Morgan fingerprint density at radius 3 is 2.89 bits per heavy atom. The number of nitrogens with zero attached hydrogens (tertiary/aromatic N) is 2. The molecule has 1 heterocycles. The van der Waals surface area contributed by atoms with Crippen molar-refractivity contribution in [2.75, 3.05) is 0 Å². The lowest BCUT2D eigenvalue weighted by Gasteiger charge is -2.08. The first-order chi connectivity index (χ1) is 8.49. The van der Waals surface area contributed by atoms with Crippen LogP contribution in [0.25, 0.3) is 11.0 Å². The number of hydrogen-bond acceptors (Lipinski definition) is 2. The van der Waals surface area contributed by atoms with Gasteiger partial charge in [-0.15, -0.1) is 0 Å². The molecule has 0 saturated heterocycles. The summed E-state index contributed by atoms with van der Waals surface area (Å²) in [6.07, 6.45) is 0.614. The summed E-state index contributed by atoms with van der Waals surface area (Å²) in [5.41, 5.74) is 1.07. The van der Waals surface area contributed by atoms with Crippen molar-refractivity contribution in [3.8, 4) is 0 Å². The Morgan fingerprint density at radius 1 is 1.56 bits per heavy atom. The molecule has 0 bridgehead atoms. The molecule has 96 valence electrons. The van der Waals surface area contributed by atoms with Crippen molar-refractivity contribution in [3.05, 3.63) is 29.8 Å². The molecule has 2 rings (SSSR count). The number of carboxylic acid groups (broad SMARTS) is 1. The fourth-order valence-electron chi connectivity index (χ4n) is 2.09. The Kier molecular flexibility index (Phi) is 3.32. The van der Waals surface area contributed by atoms with Gasteiger partial charge in [-0.3, -0.25) is 4.79 Å². The minimum atomic E-state index is -0.826. The van der Waals surface area contributed by atoms with E-state index in [1.807, 2.05) is 18.5 Å². The Hall–Kier alpha value is -1.91. The number of fused-ring (bicyclic) bond motifs is 1. The summed E-state index contributed by atoms with van der Waals surface area (Å²) < 4.78 is 15.4. The summed E-state index contributed by atoms with van der Waals surface area (Å²) in [4.78, 5) is 14.9. The molecule has 1 aromatic heterocycles. The molecule has 18 heavy (non-hydrogen) atoms. The van der Waals surface area contributed by atoms with Crippen LogP contribution in [0.1, 0.15) is 19.2 Å². The average Bonchev–Trinajstić information content (AvgIpc) is 2.57. The van der Waals surface area contributed by atoms with Crippen LogP contribution in [0.5, 0.6) is 0 Å². The third-order valence-electron chi connectivity index (χ3n) is 3.01. The van der Waals surface area contributed by atoms with E-state index in [1.165, 1.54) is 6.07 Å². The van der Waals surface area contributed by atoms with E-state index < -0.39 is 5.97 Å². The molecule has 2 aromatic rings. The lowest BCUT2D eigenvalue weighted by molar-refractivity contribution is -0.137. The van der Waals surface area contributed by atoms with Crippen molar-refractivity contribution >= 4 is 17.0 Å². The number of aryl methyl sites for hydroxylation is 1. The fraction of sp³-hybridized carbons (Fsp3) is 0.385. The average molecular weight is 250 g/mol. The Bertz CT molecular complexity index is 592. The van der Waals surface area contributed by atoms with Gasteiger partial charge in [0.25, 0.3) is 0 Å². The van der Waals surface area contributed by atoms with Crippen molar-refractivity contribution < 1.29 is 14.3 Å². The molecule has 0 aliphatic rings. The molecule has 5 heteroatoms. The van der Waals surface area contributed by atoms with E-state index in [-0.39, 0.29) is 18.2 Å². The summed E-state index contributed by atoms with van der Waals surface area (Å²) >= 11 is 0. The fourth-order valence-corrected chi connectivity index (χ4v) is 2.09. The highest BCUT2D eigenvalue weighted by atomic mass is 19.1. The predicted octanol–water partition coefficient (Wildman–Crippen LogP) is 2.37. The molecule has 0 spiro atoms. The van der Waals surface area contributed by atoms with Gasteiger partial charge in [0.2, 0.25) is 0 Å². The standard InChI is InChI=1S/C13H15FN2O2/c1-8(7-12(17)18)6-11-15-13-9(14)4-3-5-10(13)16(11)2/h3-5,8H,6-7H2,1-2H3,(H,17,18). The Labute approximate surface area is 104 Å². The zero-order chi connectivity index (χ0) is 13.3. The van der Waals surface area contributed by atoms with Crippen LogP contribution >= 0.6 is 0 Å². The molecular formula is C13H15FN2O2. The number of imidazole rings is 1. The molecule has 1 atom stereocenters. The number of aliphatic carboxylic acids is 1. The zero-order valence-electron chi connectivity index (χ0n) is 10.4. The summed E-state index contributed by atoms with van der Waals surface area (Å²) in [5.74, 6) is -0.488. The van der Waals surface area contributed by atoms with Gasteiger partial charge in [-0.25, -0.2) is 9.37 Å². The van der Waals surface area contributed by atoms with Crippen LogP contribution in [0.2, 0.25) is 0 Å². The number of aromatic nitrogens is 2. The maximum atomic E-state index is 13.6. The van der Waals surface area contributed by atoms with Crippen LogP contribution < -0.4 is 0 Å². The lowest BCUT2D eigenvalue weighted by atomic mass is 10.0. The zero-order valence-corrected chi connectivity index (χ0v) is 10.4. The first-order valence-electron chi connectivity index (χ1n) is 5.80. The highest BCUT2D eigenvalue weighted by molar-refractivity contribution is 5.76. The summed E-state index contributed by atoms with van der Waals surface area (Å²) in [5, 5.41) is 8.73. The largest absolute Gasteiger partial charge is 0.481 e. The van der Waals surface area contributed by atoms with Gasteiger partial charge in [0.15, 0.2) is 5.82 Å². The predicted molar refractivity (Wildman–Crippen MR) is 65.8 cm³/mol. The minimum absolute atomic E-state index is 0.0268. The number of halogens is 1. The van der Waals surface area contributed by atoms with Crippen LogP contribution in [-0.2, 0) is 18.3 Å². The van der Waals surface area contributed by atoms with Crippen LogP contribution in [0.15, 0.2) is 18.2 Å². The van der Waals surface area contributed by atoms with E-state index in [1.54, 1.807) is 12.1 Å². The third kappa shape index (κ3) is 2.34. The highest BCUT2D eigenvalue weighted by Crippen LogP contribution is 2.20. The van der Waals surface area contributed by atoms with Crippen molar-refractivity contribution in [2.45, 2.75) is 19.8 Å². The van der Waals surface area contributed by atoms with E-state index in [4.69, 9.17) is 5.11 Å². The quantitative estimate of drug-likeness (QED) is 0.906. The van der Waals surface area contributed by atoms with Gasteiger partial charge in [-0.05, 0) is 18.1 Å². The number of benzene rings is 1. The molecule has 0 aliphatic heterocycles. The molecule has 1 aromatic carbocycles. The SMILES string of the molecule is CC(CC(=O)O)Cc1nc2c(F)cccc2n1C. The van der Waals surface area contributed by atoms with Crippen molar-refractivity contribution in [2.24, 2.45) is 13.0 Å². The van der Waals surface area contributed by atoms with Gasteiger partial charge in [0, 0.05) is 19.9 Å². The molecule has 1 unspecified atom stereocenters. The molecule has 0 radical (unpaired) electrons. The van der Waals surface area contributed by atoms with Crippen LogP contribution in [-0.4, -0.2) is 20.6 Å². The molecule has 1 N–H and O–H groups in total. The normalized spacial score (nSPS) is 12.8. The van der Waals surface area contributed by atoms with E-state index in [0.717, 1.165) is 5.52 Å². The van der Waals surface area contributed by atoms with Crippen LogP contribution in [0, 0.1) is 11.7 Å². The Balaban J connectivity index is 2.32. The van der Waals surface area contributed by atoms with Gasteiger partial charge in [0.1, 0.15) is 11.3 Å². The Morgan fingerprint density at radius 2 is 2.28 bits per heavy atom. The second-order valence-corrected chi connectivity index (χ2v) is 4.60. The van der Waals surface area contributed by atoms with E-state index in [9.17, 15) is 9.18 Å². The van der Waals surface area contributed by atoms with E-state index in [2.05, 4.69) is 4.98 Å². The number of hydrogen-bond donors (Lipinski definition) is 1. The van der Waals surface area contributed by atoms with Gasteiger partial charge < -0.3 is 9.67 Å². The second-order valence-electron chi connectivity index (χ2n) is 4.60. The molecule has 0 aliphatic carbocycles. The number of rotatable bonds is 4. The molecule has 4 nitrogen and oxygen atoms in total. The molecule has 0 amide bonds. The van der Waals surface area contributed by atoms with Gasteiger partial charge in [-0.1, -0.05) is 13.0 Å². The van der Waals surface area contributed by atoms with E-state index >= 15 is 0 Å². The van der Waals surface area contributed by atoms with Crippen molar-refractivity contribution in [3.63, 3.8) is 0 Å². The topological polar surface area (TPSA) is 55.1 Å². The maximum Gasteiger partial charge on any atom is 0.303 e. The third-order valence-corrected chi connectivity index (χ3v) is 3.01. The first-order valence-corrected chi connectivity index (χ1v) is 5.80. The minimum Gasteiger partial charge on any atom is -0.481 e. The molecular weight excluding hydrogens is 235 g/mol. The summed E-state index contributed by atoms with van der Waals surface area (Å²) in [7, 11) is 1.82. The van der Waals surface area contributed by atoms with Crippen LogP contribution in [0.3, 0.4) is 0 Å². The van der Waals surface area contributed by atoms with Gasteiger partial charge >= 0.3 is 5.97 Å². The molecule has 0 saturated carbocycles.